The third-order valence-electron chi connectivity index (χ3n) is 1.63. The minimum Gasteiger partial charge on any atom is -0.330 e. The van der Waals surface area contributed by atoms with Gasteiger partial charge in [0.05, 0.1) is 0 Å². The van der Waals surface area contributed by atoms with Gasteiger partial charge in [0.2, 0.25) is 0 Å². The monoisotopic (exact) mass is 139 g/mol. The molecular weight excluding hydrogens is 126 g/mol. The van der Waals surface area contributed by atoms with Gasteiger partial charge in [-0.05, 0) is 26.3 Å². The molecule has 10 heavy (non-hydrogen) atoms. The number of nitrogens with two attached hydrogens (primary N) is 1. The van der Waals surface area contributed by atoms with Gasteiger partial charge in [-0.2, -0.15) is 0 Å². The van der Waals surface area contributed by atoms with Gasteiger partial charge in [0.15, 0.2) is 0 Å². The van der Waals surface area contributed by atoms with Crippen molar-refractivity contribution in [1.29, 1.82) is 0 Å². The number of rotatable bonds is 3. The van der Waals surface area contributed by atoms with Crippen molar-refractivity contribution < 1.29 is 0 Å². The van der Waals surface area contributed by atoms with Gasteiger partial charge in [0.1, 0.15) is 5.66 Å². The van der Waals surface area contributed by atoms with Gasteiger partial charge in [-0.25, -0.2) is 0 Å². The van der Waals surface area contributed by atoms with Crippen LogP contribution in [0.3, 0.4) is 0 Å². The van der Waals surface area contributed by atoms with E-state index in [0.29, 0.717) is 0 Å². The summed E-state index contributed by atoms with van der Waals surface area (Å²) in [5.41, 5.74) is 5.17. The fourth-order valence-electron chi connectivity index (χ4n) is 0.987. The molecule has 0 amide bonds. The number of aliphatic imine (C=N–C) groups is 2. The quantitative estimate of drug-likeness (QED) is 0.611. The van der Waals surface area contributed by atoms with Crippen LogP contribution in [0, 0.1) is 0 Å². The molecule has 0 fully saturated rings. The molecule has 0 aliphatic carbocycles. The molecule has 56 valence electrons. The molecule has 0 aromatic heterocycles. The van der Waals surface area contributed by atoms with Crippen LogP contribution in [0.2, 0.25) is 0 Å². The van der Waals surface area contributed by atoms with Crippen molar-refractivity contribution in [3.63, 3.8) is 0 Å². The molecule has 0 atom stereocenters. The molecule has 3 nitrogen and oxygen atoms in total. The Morgan fingerprint density at radius 2 is 2.00 bits per heavy atom. The molecule has 1 aliphatic rings. The largest absolute Gasteiger partial charge is 0.330 e. The molecular formula is C7H13N3. The Labute approximate surface area is 61.1 Å². The van der Waals surface area contributed by atoms with Crippen LogP contribution in [-0.4, -0.2) is 24.6 Å². The predicted molar refractivity (Wildman–Crippen MR) is 43.7 cm³/mol. The Hall–Kier alpha value is -0.700. The zero-order chi connectivity index (χ0) is 7.45. The van der Waals surface area contributed by atoms with Gasteiger partial charge in [0.25, 0.3) is 0 Å². The summed E-state index contributed by atoms with van der Waals surface area (Å²) in [6.07, 6.45) is 5.44. The van der Waals surface area contributed by atoms with Crippen molar-refractivity contribution in [2.45, 2.75) is 25.4 Å². The van der Waals surface area contributed by atoms with E-state index in [1.54, 1.807) is 12.4 Å². The molecule has 2 N–H and O–H groups in total. The number of hydrogen-bond acceptors (Lipinski definition) is 3. The third kappa shape index (κ3) is 1.64. The van der Waals surface area contributed by atoms with E-state index in [1.807, 2.05) is 6.92 Å². The summed E-state index contributed by atoms with van der Waals surface area (Å²) in [5.74, 6) is 0. The van der Waals surface area contributed by atoms with E-state index < -0.39 is 0 Å². The Kier molecular flexibility index (Phi) is 2.17. The van der Waals surface area contributed by atoms with Gasteiger partial charge in [-0.3, -0.25) is 9.98 Å². The average molecular weight is 139 g/mol. The lowest BCUT2D eigenvalue weighted by Gasteiger charge is -2.15. The summed E-state index contributed by atoms with van der Waals surface area (Å²) in [5, 5.41) is 0. The molecule has 0 bridgehead atoms. The molecule has 1 heterocycles. The average Bonchev–Trinajstić information content (AvgIpc) is 2.33. The smallest absolute Gasteiger partial charge is 0.147 e. The summed E-state index contributed by atoms with van der Waals surface area (Å²) >= 11 is 0. The van der Waals surface area contributed by atoms with Gasteiger partial charge >= 0.3 is 0 Å². The summed E-state index contributed by atoms with van der Waals surface area (Å²) < 4.78 is 0. The van der Waals surface area contributed by atoms with Crippen LogP contribution in [0.15, 0.2) is 9.98 Å². The van der Waals surface area contributed by atoms with E-state index in [9.17, 15) is 0 Å². The van der Waals surface area contributed by atoms with Crippen molar-refractivity contribution in [1.82, 2.24) is 0 Å². The first-order valence-corrected chi connectivity index (χ1v) is 3.56. The molecule has 0 spiro atoms. The van der Waals surface area contributed by atoms with Crippen LogP contribution in [0.1, 0.15) is 19.8 Å². The lowest BCUT2D eigenvalue weighted by atomic mass is 10.1. The number of hydrogen-bond donors (Lipinski definition) is 1. The Morgan fingerprint density at radius 3 is 2.50 bits per heavy atom. The molecule has 0 saturated heterocycles. The van der Waals surface area contributed by atoms with Crippen molar-refractivity contribution >= 4 is 12.4 Å². The molecule has 3 heteroatoms. The fraction of sp³-hybridized carbons (Fsp3) is 0.714. The van der Waals surface area contributed by atoms with Gasteiger partial charge in [0, 0.05) is 12.4 Å². The standard InChI is InChI=1S/C7H13N3/c1-7(3-2-4-8)9-5-6-10-7/h5-6H,2-4,8H2,1H3. The van der Waals surface area contributed by atoms with E-state index in [0.717, 1.165) is 19.4 Å². The normalized spacial score (nSPS) is 20.2. The second-order valence-corrected chi connectivity index (χ2v) is 2.67. The predicted octanol–water partition coefficient (Wildman–Crippen LogP) is 0.597. The lowest BCUT2D eigenvalue weighted by molar-refractivity contribution is 0.455. The van der Waals surface area contributed by atoms with Gasteiger partial charge < -0.3 is 5.73 Å². The minimum absolute atomic E-state index is 0.195. The van der Waals surface area contributed by atoms with Crippen molar-refractivity contribution in [3.8, 4) is 0 Å². The fourth-order valence-corrected chi connectivity index (χ4v) is 0.987. The summed E-state index contributed by atoms with van der Waals surface area (Å²) in [6.45, 7) is 2.74. The second kappa shape index (κ2) is 2.92. The third-order valence-corrected chi connectivity index (χ3v) is 1.63. The molecule has 0 radical (unpaired) electrons. The van der Waals surface area contributed by atoms with Crippen molar-refractivity contribution in [3.05, 3.63) is 0 Å². The first-order valence-electron chi connectivity index (χ1n) is 3.56. The van der Waals surface area contributed by atoms with Gasteiger partial charge in [-0.1, -0.05) is 0 Å². The maximum absolute atomic E-state index is 5.36. The molecule has 0 saturated carbocycles. The van der Waals surface area contributed by atoms with E-state index in [-0.39, 0.29) is 5.66 Å². The van der Waals surface area contributed by atoms with Crippen molar-refractivity contribution in [2.75, 3.05) is 6.54 Å². The maximum Gasteiger partial charge on any atom is 0.147 e. The highest BCUT2D eigenvalue weighted by Crippen LogP contribution is 2.20. The minimum atomic E-state index is -0.195. The van der Waals surface area contributed by atoms with E-state index in [4.69, 9.17) is 5.73 Å². The highest BCUT2D eigenvalue weighted by molar-refractivity contribution is 6.17. The topological polar surface area (TPSA) is 50.7 Å². The molecule has 1 aliphatic heterocycles. The van der Waals surface area contributed by atoms with Crippen LogP contribution in [0.5, 0.6) is 0 Å². The van der Waals surface area contributed by atoms with E-state index in [2.05, 4.69) is 9.98 Å². The van der Waals surface area contributed by atoms with Crippen LogP contribution in [0.4, 0.5) is 0 Å². The Morgan fingerprint density at radius 1 is 1.40 bits per heavy atom. The number of nitrogens with zero attached hydrogens (tertiary/aromatic N) is 2. The van der Waals surface area contributed by atoms with Crippen LogP contribution < -0.4 is 5.73 Å². The van der Waals surface area contributed by atoms with Crippen LogP contribution >= 0.6 is 0 Å². The maximum atomic E-state index is 5.36. The van der Waals surface area contributed by atoms with E-state index >= 15 is 0 Å². The zero-order valence-corrected chi connectivity index (χ0v) is 6.25. The molecule has 1 rings (SSSR count). The van der Waals surface area contributed by atoms with Crippen LogP contribution in [0.25, 0.3) is 0 Å². The summed E-state index contributed by atoms with van der Waals surface area (Å²) in [7, 11) is 0. The Bertz CT molecular complexity index is 148. The second-order valence-electron chi connectivity index (χ2n) is 2.67. The van der Waals surface area contributed by atoms with Gasteiger partial charge in [-0.15, -0.1) is 0 Å². The summed E-state index contributed by atoms with van der Waals surface area (Å²) in [4.78, 5) is 8.40. The lowest BCUT2D eigenvalue weighted by Crippen LogP contribution is -2.17. The van der Waals surface area contributed by atoms with Crippen LogP contribution in [-0.2, 0) is 0 Å². The first kappa shape index (κ1) is 7.41. The SMILES string of the molecule is CC1(CCCN)N=CC=N1. The molecule has 0 aromatic rings. The molecule has 0 aromatic carbocycles. The summed E-state index contributed by atoms with van der Waals surface area (Å²) in [6, 6.07) is 0. The highest BCUT2D eigenvalue weighted by atomic mass is 15.1. The Balaban J connectivity index is 2.38. The first-order chi connectivity index (χ1) is 4.77. The molecule has 0 unspecified atom stereocenters. The van der Waals surface area contributed by atoms with Crippen molar-refractivity contribution in [2.24, 2.45) is 15.7 Å². The highest BCUT2D eigenvalue weighted by Gasteiger charge is 2.21. The zero-order valence-electron chi connectivity index (χ0n) is 6.25. The van der Waals surface area contributed by atoms with E-state index in [1.165, 1.54) is 0 Å².